The summed E-state index contributed by atoms with van der Waals surface area (Å²) in [7, 11) is 0. The molecule has 0 unspecified atom stereocenters. The van der Waals surface area contributed by atoms with Crippen molar-refractivity contribution in [3.8, 4) is 6.07 Å². The number of nitriles is 1. The summed E-state index contributed by atoms with van der Waals surface area (Å²) < 4.78 is 0. The lowest BCUT2D eigenvalue weighted by atomic mass is 10.1. The number of pyridine rings is 1. The number of rotatable bonds is 4. The van der Waals surface area contributed by atoms with Crippen LogP contribution in [0.2, 0.25) is 5.15 Å². The number of amides is 2. The fourth-order valence-corrected chi connectivity index (χ4v) is 3.15. The first kappa shape index (κ1) is 16.9. The fourth-order valence-electron chi connectivity index (χ4n) is 2.14. The first-order valence-corrected chi connectivity index (χ1v) is 8.45. The van der Waals surface area contributed by atoms with Crippen LogP contribution in [0.4, 0.5) is 15.6 Å². The third-order valence-corrected chi connectivity index (χ3v) is 4.31. The Hall–Kier alpha value is -2.95. The van der Waals surface area contributed by atoms with Gasteiger partial charge in [0.25, 0.3) is 0 Å². The molecule has 0 radical (unpaired) electrons. The van der Waals surface area contributed by atoms with E-state index in [1.807, 2.05) is 18.2 Å². The maximum Gasteiger partial charge on any atom is 0.325 e. The van der Waals surface area contributed by atoms with Crippen LogP contribution in [0.15, 0.2) is 48.8 Å². The quantitative estimate of drug-likeness (QED) is 0.671. The Morgan fingerprint density at radius 3 is 2.92 bits per heavy atom. The van der Waals surface area contributed by atoms with Crippen molar-refractivity contribution in [2.24, 2.45) is 0 Å². The third kappa shape index (κ3) is 4.76. The van der Waals surface area contributed by atoms with E-state index in [0.29, 0.717) is 28.0 Å². The predicted molar refractivity (Wildman–Crippen MR) is 98.0 cm³/mol. The van der Waals surface area contributed by atoms with E-state index in [9.17, 15) is 4.79 Å². The number of carbonyl (C=O) groups excluding carboxylic acids is 1. The van der Waals surface area contributed by atoms with Crippen molar-refractivity contribution >= 4 is 39.8 Å². The molecule has 0 fully saturated rings. The van der Waals surface area contributed by atoms with E-state index in [0.717, 1.165) is 10.4 Å². The summed E-state index contributed by atoms with van der Waals surface area (Å²) in [5, 5.41) is 15.1. The van der Waals surface area contributed by atoms with Crippen LogP contribution < -0.4 is 10.6 Å². The summed E-state index contributed by atoms with van der Waals surface area (Å²) in [4.78, 5) is 21.0. The van der Waals surface area contributed by atoms with E-state index in [1.54, 1.807) is 24.4 Å². The molecule has 2 heterocycles. The SMILES string of the molecule is N#Cc1cccc(Cc2cnc(NC(=O)Nc3ccnc(Cl)c3)s2)c1. The van der Waals surface area contributed by atoms with Crippen LogP contribution in [0.25, 0.3) is 0 Å². The summed E-state index contributed by atoms with van der Waals surface area (Å²) in [6, 6.07) is 12.3. The number of anilines is 2. The molecule has 0 aliphatic rings. The first-order valence-electron chi connectivity index (χ1n) is 7.26. The summed E-state index contributed by atoms with van der Waals surface area (Å²) in [5.41, 5.74) is 2.18. The normalized spacial score (nSPS) is 10.1. The van der Waals surface area contributed by atoms with Gasteiger partial charge >= 0.3 is 6.03 Å². The molecule has 0 saturated carbocycles. The van der Waals surface area contributed by atoms with Gasteiger partial charge in [0.1, 0.15) is 5.15 Å². The van der Waals surface area contributed by atoms with Gasteiger partial charge in [-0.25, -0.2) is 14.8 Å². The number of benzene rings is 1. The Balaban J connectivity index is 1.61. The Kier molecular flexibility index (Phi) is 5.23. The minimum absolute atomic E-state index is 0.300. The second-order valence-corrected chi connectivity index (χ2v) is 6.57. The Morgan fingerprint density at radius 1 is 1.24 bits per heavy atom. The summed E-state index contributed by atoms with van der Waals surface area (Å²) in [6.45, 7) is 0. The van der Waals surface area contributed by atoms with Gasteiger partial charge in [-0.05, 0) is 29.8 Å². The van der Waals surface area contributed by atoms with E-state index < -0.39 is 6.03 Å². The molecule has 124 valence electrons. The molecule has 8 heteroatoms. The number of hydrogen-bond donors (Lipinski definition) is 2. The van der Waals surface area contributed by atoms with Crippen LogP contribution in [0.5, 0.6) is 0 Å². The maximum atomic E-state index is 12.0. The van der Waals surface area contributed by atoms with Crippen LogP contribution in [-0.2, 0) is 6.42 Å². The second kappa shape index (κ2) is 7.75. The van der Waals surface area contributed by atoms with Crippen LogP contribution in [0.1, 0.15) is 16.0 Å². The third-order valence-electron chi connectivity index (χ3n) is 3.19. The maximum absolute atomic E-state index is 12.0. The molecule has 0 bridgehead atoms. The lowest BCUT2D eigenvalue weighted by Gasteiger charge is -2.05. The number of aromatic nitrogens is 2. The van der Waals surface area contributed by atoms with Crippen molar-refractivity contribution in [2.45, 2.75) is 6.42 Å². The number of hydrogen-bond acceptors (Lipinski definition) is 5. The van der Waals surface area contributed by atoms with E-state index in [4.69, 9.17) is 16.9 Å². The monoisotopic (exact) mass is 369 g/mol. The van der Waals surface area contributed by atoms with Gasteiger partial charge in [0.05, 0.1) is 11.6 Å². The van der Waals surface area contributed by atoms with Crippen molar-refractivity contribution in [3.05, 3.63) is 69.9 Å². The highest BCUT2D eigenvalue weighted by Gasteiger charge is 2.08. The smallest absolute Gasteiger partial charge is 0.307 e. The molecular formula is C17H12ClN5OS. The molecule has 1 aromatic carbocycles. The molecule has 0 spiro atoms. The average Bonchev–Trinajstić information content (AvgIpc) is 3.01. The number of carbonyl (C=O) groups is 1. The van der Waals surface area contributed by atoms with E-state index in [-0.39, 0.29) is 0 Å². The Morgan fingerprint density at radius 2 is 2.12 bits per heavy atom. The largest absolute Gasteiger partial charge is 0.325 e. The molecule has 2 N–H and O–H groups in total. The van der Waals surface area contributed by atoms with Gasteiger partial charge < -0.3 is 5.32 Å². The summed E-state index contributed by atoms with van der Waals surface area (Å²) >= 11 is 7.16. The zero-order valence-corrected chi connectivity index (χ0v) is 14.4. The van der Waals surface area contributed by atoms with Crippen LogP contribution in [0, 0.1) is 11.3 Å². The molecule has 2 amide bonds. The number of thiazole rings is 1. The second-order valence-electron chi connectivity index (χ2n) is 5.07. The summed E-state index contributed by atoms with van der Waals surface area (Å²) in [6.07, 6.45) is 3.87. The highest BCUT2D eigenvalue weighted by molar-refractivity contribution is 7.15. The fraction of sp³-hybridized carbons (Fsp3) is 0.0588. The van der Waals surface area contributed by atoms with Crippen LogP contribution in [0.3, 0.4) is 0 Å². The molecule has 25 heavy (non-hydrogen) atoms. The Labute approximate surface area is 153 Å². The molecule has 0 atom stereocenters. The van der Waals surface area contributed by atoms with Crippen LogP contribution >= 0.6 is 22.9 Å². The molecule has 2 aromatic heterocycles. The highest BCUT2D eigenvalue weighted by atomic mass is 35.5. The van der Waals surface area contributed by atoms with Crippen molar-refractivity contribution in [3.63, 3.8) is 0 Å². The van der Waals surface area contributed by atoms with Gasteiger partial charge in [0.2, 0.25) is 0 Å². The zero-order chi connectivity index (χ0) is 17.6. The number of nitrogens with zero attached hydrogens (tertiary/aromatic N) is 3. The number of halogens is 1. The topological polar surface area (TPSA) is 90.7 Å². The van der Waals surface area contributed by atoms with Gasteiger partial charge in [-0.3, -0.25) is 5.32 Å². The molecule has 3 aromatic rings. The molecule has 3 rings (SSSR count). The van der Waals surface area contributed by atoms with Gasteiger partial charge in [-0.1, -0.05) is 23.7 Å². The van der Waals surface area contributed by atoms with Crippen molar-refractivity contribution < 1.29 is 4.79 Å². The minimum Gasteiger partial charge on any atom is -0.307 e. The van der Waals surface area contributed by atoms with Crippen molar-refractivity contribution in [2.75, 3.05) is 10.6 Å². The van der Waals surface area contributed by atoms with Crippen molar-refractivity contribution in [1.82, 2.24) is 9.97 Å². The molecule has 0 aliphatic heterocycles. The van der Waals surface area contributed by atoms with E-state index in [1.165, 1.54) is 17.5 Å². The standard InChI is InChI=1S/C17H12ClN5OS/c18-15-8-13(4-5-20-15)22-16(24)23-17-21-10-14(25-17)7-11-2-1-3-12(6-11)9-19/h1-6,8,10H,7H2,(H2,20,21,22,23,24). The Bertz CT molecular complexity index is 950. The number of urea groups is 1. The van der Waals surface area contributed by atoms with Crippen molar-refractivity contribution in [1.29, 1.82) is 5.26 Å². The van der Waals surface area contributed by atoms with Gasteiger partial charge in [-0.15, -0.1) is 11.3 Å². The lowest BCUT2D eigenvalue weighted by Crippen LogP contribution is -2.19. The average molecular weight is 370 g/mol. The lowest BCUT2D eigenvalue weighted by molar-refractivity contribution is 0.262. The molecular weight excluding hydrogens is 358 g/mol. The molecule has 0 saturated heterocycles. The first-order chi connectivity index (χ1) is 12.1. The van der Waals surface area contributed by atoms with E-state index in [2.05, 4.69) is 26.7 Å². The predicted octanol–water partition coefficient (Wildman–Crippen LogP) is 4.30. The van der Waals surface area contributed by atoms with E-state index >= 15 is 0 Å². The minimum atomic E-state index is -0.408. The van der Waals surface area contributed by atoms with Gasteiger partial charge in [0, 0.05) is 29.4 Å². The van der Waals surface area contributed by atoms with Gasteiger partial charge in [-0.2, -0.15) is 5.26 Å². The highest BCUT2D eigenvalue weighted by Crippen LogP contribution is 2.22. The molecule has 0 aliphatic carbocycles. The number of nitrogens with one attached hydrogen (secondary N) is 2. The molecule has 6 nitrogen and oxygen atoms in total. The van der Waals surface area contributed by atoms with Crippen LogP contribution in [-0.4, -0.2) is 16.0 Å². The summed E-state index contributed by atoms with van der Waals surface area (Å²) in [5.74, 6) is 0. The zero-order valence-electron chi connectivity index (χ0n) is 12.9. The van der Waals surface area contributed by atoms with Gasteiger partial charge in [0.15, 0.2) is 5.13 Å².